The number of hydrogen-bond acceptors (Lipinski definition) is 6. The summed E-state index contributed by atoms with van der Waals surface area (Å²) in [6.45, 7) is 3.02. The lowest BCUT2D eigenvalue weighted by Crippen LogP contribution is -2.41. The summed E-state index contributed by atoms with van der Waals surface area (Å²) >= 11 is 0. The van der Waals surface area contributed by atoms with Crippen LogP contribution in [-0.2, 0) is 4.74 Å². The molecule has 7 heteroatoms. The van der Waals surface area contributed by atoms with Crippen molar-refractivity contribution in [3.63, 3.8) is 0 Å². The second kappa shape index (κ2) is 4.34. The number of aromatic nitrogens is 2. The first-order valence-electron chi connectivity index (χ1n) is 5.70. The predicted octanol–water partition coefficient (Wildman–Crippen LogP) is -0.898. The van der Waals surface area contributed by atoms with E-state index in [9.17, 15) is 15.0 Å². The van der Waals surface area contributed by atoms with E-state index in [1.54, 1.807) is 13.8 Å². The number of nitrogen functional groups attached to an aromatic ring is 1. The van der Waals surface area contributed by atoms with Crippen molar-refractivity contribution >= 4 is 5.82 Å². The van der Waals surface area contributed by atoms with Crippen LogP contribution in [0.1, 0.15) is 20.1 Å². The zero-order chi connectivity index (χ0) is 13.5. The molecule has 1 fully saturated rings. The third-order valence-electron chi connectivity index (χ3n) is 3.40. The monoisotopic (exact) mass is 255 g/mol. The lowest BCUT2D eigenvalue weighted by atomic mass is 9.93. The van der Waals surface area contributed by atoms with E-state index in [-0.39, 0.29) is 18.3 Å². The number of aliphatic hydroxyl groups excluding tert-OH is 2. The molecule has 0 amide bonds. The topological polar surface area (TPSA) is 111 Å². The molecule has 100 valence electrons. The second-order valence-electron chi connectivity index (χ2n) is 4.83. The van der Waals surface area contributed by atoms with Gasteiger partial charge in [-0.15, -0.1) is 0 Å². The summed E-state index contributed by atoms with van der Waals surface area (Å²) in [5, 5.41) is 19.3. The molecule has 1 aromatic rings. The quantitative estimate of drug-likeness (QED) is 0.631. The van der Waals surface area contributed by atoms with Gasteiger partial charge in [0.2, 0.25) is 0 Å². The number of rotatable bonds is 2. The number of anilines is 1. The molecule has 18 heavy (non-hydrogen) atoms. The van der Waals surface area contributed by atoms with Gasteiger partial charge in [-0.2, -0.15) is 4.98 Å². The van der Waals surface area contributed by atoms with Gasteiger partial charge >= 0.3 is 5.69 Å². The van der Waals surface area contributed by atoms with Gasteiger partial charge in [0, 0.05) is 12.1 Å². The van der Waals surface area contributed by atoms with E-state index in [0.717, 1.165) is 0 Å². The molecule has 2 heterocycles. The average molecular weight is 255 g/mol. The Morgan fingerprint density at radius 2 is 2.33 bits per heavy atom. The molecule has 1 unspecified atom stereocenters. The maximum atomic E-state index is 11.7. The van der Waals surface area contributed by atoms with E-state index in [1.807, 2.05) is 0 Å². The Morgan fingerprint density at radius 3 is 2.83 bits per heavy atom. The van der Waals surface area contributed by atoms with E-state index in [2.05, 4.69) is 4.98 Å². The molecule has 0 spiro atoms. The van der Waals surface area contributed by atoms with Crippen LogP contribution >= 0.6 is 0 Å². The third kappa shape index (κ3) is 1.90. The summed E-state index contributed by atoms with van der Waals surface area (Å²) in [5.74, 6) is -0.211. The largest absolute Gasteiger partial charge is 0.393 e. The van der Waals surface area contributed by atoms with E-state index in [4.69, 9.17) is 10.5 Å². The molecule has 1 aliphatic heterocycles. The highest BCUT2D eigenvalue weighted by atomic mass is 16.6. The molecular formula is C11H17N3O4. The van der Waals surface area contributed by atoms with E-state index < -0.39 is 23.6 Å². The van der Waals surface area contributed by atoms with Gasteiger partial charge in [-0.05, 0) is 13.0 Å². The summed E-state index contributed by atoms with van der Waals surface area (Å²) in [6, 6.07) is 1.48. The lowest BCUT2D eigenvalue weighted by molar-refractivity contribution is -0.117. The van der Waals surface area contributed by atoms with E-state index in [0.29, 0.717) is 0 Å². The van der Waals surface area contributed by atoms with Crippen LogP contribution in [0.3, 0.4) is 0 Å². The number of nitrogens with zero attached hydrogens (tertiary/aromatic N) is 2. The number of ether oxygens (including phenoxy) is 1. The Hall–Kier alpha value is -1.44. The normalized spacial score (nSPS) is 35.9. The highest BCUT2D eigenvalue weighted by Gasteiger charge is 2.50. The molecule has 4 N–H and O–H groups in total. The summed E-state index contributed by atoms with van der Waals surface area (Å²) in [4.78, 5) is 15.3. The molecular weight excluding hydrogens is 238 g/mol. The minimum atomic E-state index is -1.08. The van der Waals surface area contributed by atoms with E-state index in [1.165, 1.54) is 16.8 Å². The van der Waals surface area contributed by atoms with Gasteiger partial charge in [0.05, 0.1) is 12.7 Å². The smallest absolute Gasteiger partial charge is 0.351 e. The number of hydrogen-bond donors (Lipinski definition) is 3. The van der Waals surface area contributed by atoms with Crippen LogP contribution in [0.2, 0.25) is 0 Å². The zero-order valence-corrected chi connectivity index (χ0v) is 10.3. The SMILES string of the molecule is C[C@@H]1[C@H](n2ccc(N)nc2=O)OC(C)(CO)[C@H]1O. The van der Waals surface area contributed by atoms with Crippen molar-refractivity contribution in [2.24, 2.45) is 5.92 Å². The van der Waals surface area contributed by atoms with Gasteiger partial charge < -0.3 is 20.7 Å². The van der Waals surface area contributed by atoms with Crippen molar-refractivity contribution in [2.75, 3.05) is 12.3 Å². The number of aliphatic hydroxyl groups is 2. The molecule has 1 aliphatic rings. The van der Waals surface area contributed by atoms with Gasteiger partial charge in [-0.25, -0.2) is 4.79 Å². The first kappa shape index (κ1) is 13.0. The van der Waals surface area contributed by atoms with Crippen LogP contribution in [-0.4, -0.2) is 38.1 Å². The molecule has 1 saturated heterocycles. The van der Waals surface area contributed by atoms with Crippen molar-refractivity contribution in [3.8, 4) is 0 Å². The van der Waals surface area contributed by atoms with Gasteiger partial charge in [-0.1, -0.05) is 6.92 Å². The van der Waals surface area contributed by atoms with Crippen molar-refractivity contribution in [1.29, 1.82) is 0 Å². The summed E-state index contributed by atoms with van der Waals surface area (Å²) in [7, 11) is 0. The Bertz CT molecular complexity index is 503. The Kier molecular flexibility index (Phi) is 3.14. The molecule has 0 aromatic carbocycles. The fourth-order valence-electron chi connectivity index (χ4n) is 2.23. The number of nitrogens with two attached hydrogens (primary N) is 1. The average Bonchev–Trinajstić information content (AvgIpc) is 2.55. The highest BCUT2D eigenvalue weighted by Crippen LogP contribution is 2.40. The highest BCUT2D eigenvalue weighted by molar-refractivity contribution is 5.23. The van der Waals surface area contributed by atoms with Crippen molar-refractivity contribution in [3.05, 3.63) is 22.7 Å². The fourth-order valence-corrected chi connectivity index (χ4v) is 2.23. The molecule has 0 aliphatic carbocycles. The molecule has 4 atom stereocenters. The van der Waals surface area contributed by atoms with Crippen LogP contribution in [0.4, 0.5) is 5.82 Å². The van der Waals surface area contributed by atoms with Crippen LogP contribution < -0.4 is 11.4 Å². The van der Waals surface area contributed by atoms with Crippen LogP contribution in [0, 0.1) is 5.92 Å². The minimum absolute atomic E-state index is 0.132. The van der Waals surface area contributed by atoms with Gasteiger partial charge in [0.1, 0.15) is 17.6 Å². The fraction of sp³-hybridized carbons (Fsp3) is 0.636. The van der Waals surface area contributed by atoms with Crippen molar-refractivity contribution in [1.82, 2.24) is 9.55 Å². The Labute approximate surface area is 104 Å². The first-order chi connectivity index (χ1) is 8.39. The van der Waals surface area contributed by atoms with Gasteiger partial charge in [0.25, 0.3) is 0 Å². The van der Waals surface area contributed by atoms with E-state index >= 15 is 0 Å². The second-order valence-corrected chi connectivity index (χ2v) is 4.83. The maximum absolute atomic E-state index is 11.7. The lowest BCUT2D eigenvalue weighted by Gasteiger charge is -2.25. The molecule has 0 bridgehead atoms. The summed E-state index contributed by atoms with van der Waals surface area (Å²) in [5.41, 5.74) is 3.79. The van der Waals surface area contributed by atoms with Crippen LogP contribution in [0.25, 0.3) is 0 Å². The van der Waals surface area contributed by atoms with Gasteiger partial charge in [-0.3, -0.25) is 4.57 Å². The van der Waals surface area contributed by atoms with Crippen LogP contribution in [0.15, 0.2) is 17.1 Å². The van der Waals surface area contributed by atoms with Gasteiger partial charge in [0.15, 0.2) is 0 Å². The Balaban J connectivity index is 2.38. The standard InChI is InChI=1S/C11H17N3O4/c1-6-8(16)11(2,5-15)18-9(6)14-4-3-7(12)13-10(14)17/h3-4,6,8-9,15-16H,5H2,1-2H3,(H2,12,13,17)/t6-,8-,9+,11?/m0/s1. The zero-order valence-electron chi connectivity index (χ0n) is 10.3. The van der Waals surface area contributed by atoms with Crippen LogP contribution in [0.5, 0.6) is 0 Å². The molecule has 2 rings (SSSR count). The van der Waals surface area contributed by atoms with Crippen molar-refractivity contribution in [2.45, 2.75) is 31.8 Å². The van der Waals surface area contributed by atoms with Crippen molar-refractivity contribution < 1.29 is 14.9 Å². The molecule has 7 nitrogen and oxygen atoms in total. The summed E-state index contributed by atoms with van der Waals surface area (Å²) < 4.78 is 6.88. The minimum Gasteiger partial charge on any atom is -0.393 e. The molecule has 0 radical (unpaired) electrons. The molecule has 1 aromatic heterocycles. The third-order valence-corrected chi connectivity index (χ3v) is 3.40. The Morgan fingerprint density at radius 1 is 1.67 bits per heavy atom. The predicted molar refractivity (Wildman–Crippen MR) is 63.7 cm³/mol. The molecule has 0 saturated carbocycles. The first-order valence-corrected chi connectivity index (χ1v) is 5.70. The summed E-state index contributed by atoms with van der Waals surface area (Å²) in [6.07, 6.45) is -0.0588. The maximum Gasteiger partial charge on any atom is 0.351 e.